The summed E-state index contributed by atoms with van der Waals surface area (Å²) in [5.74, 6) is -2.74. The van der Waals surface area contributed by atoms with Gasteiger partial charge in [-0.1, -0.05) is 24.1 Å². The quantitative estimate of drug-likeness (QED) is 0.346. The first-order valence-corrected chi connectivity index (χ1v) is 13.1. The lowest BCUT2D eigenvalue weighted by Crippen LogP contribution is -2.36. The molecule has 0 spiro atoms. The monoisotopic (exact) mass is 527 g/mol. The molecule has 1 aliphatic rings. The Hall–Kier alpha value is -3.93. The molecule has 3 heterocycles. The van der Waals surface area contributed by atoms with Gasteiger partial charge in [-0.3, -0.25) is 4.79 Å². The molecule has 0 radical (unpaired) electrons. The van der Waals surface area contributed by atoms with Crippen LogP contribution in [-0.2, 0) is 14.8 Å². The summed E-state index contributed by atoms with van der Waals surface area (Å²) in [7, 11) is -4.12. The predicted octanol–water partition coefficient (Wildman–Crippen LogP) is 4.37. The highest BCUT2D eigenvalue weighted by atomic mass is 32.2. The second kappa shape index (κ2) is 9.51. The normalized spacial score (nSPS) is 14.9. The van der Waals surface area contributed by atoms with Crippen LogP contribution in [0.2, 0.25) is 0 Å². The summed E-state index contributed by atoms with van der Waals surface area (Å²) in [5.41, 5.74) is 0.955. The number of pyridine rings is 1. The Morgan fingerprint density at radius 2 is 1.92 bits per heavy atom. The Morgan fingerprint density at radius 3 is 2.57 bits per heavy atom. The number of aromatic nitrogens is 4. The van der Waals surface area contributed by atoms with E-state index in [1.54, 1.807) is 12.1 Å². The van der Waals surface area contributed by atoms with Crippen LogP contribution in [0.5, 0.6) is 0 Å². The number of carboxylic acid groups (broad SMARTS) is 1. The molecule has 2 N–H and O–H groups in total. The average Bonchev–Trinajstić information content (AvgIpc) is 3.19. The molecule has 1 unspecified atom stereocenters. The lowest BCUT2D eigenvalue weighted by Gasteiger charge is -2.33. The number of carbonyl (C=O) groups is 1. The lowest BCUT2D eigenvalue weighted by molar-refractivity contribution is -0.137. The maximum absolute atomic E-state index is 14.7. The maximum Gasteiger partial charge on any atom is 0.305 e. The van der Waals surface area contributed by atoms with Crippen LogP contribution in [-0.4, -0.2) is 44.5 Å². The van der Waals surface area contributed by atoms with E-state index >= 15 is 0 Å². The summed E-state index contributed by atoms with van der Waals surface area (Å²) in [4.78, 5) is 23.6. The molecule has 12 heteroatoms. The van der Waals surface area contributed by atoms with E-state index in [4.69, 9.17) is 0 Å². The number of aliphatic carboxylic acids is 1. The van der Waals surface area contributed by atoms with E-state index in [9.17, 15) is 27.1 Å². The van der Waals surface area contributed by atoms with Crippen molar-refractivity contribution in [3.63, 3.8) is 0 Å². The van der Waals surface area contributed by atoms with Gasteiger partial charge >= 0.3 is 5.97 Å². The number of halogens is 2. The summed E-state index contributed by atoms with van der Waals surface area (Å²) in [6.07, 6.45) is 5.43. The zero-order valence-corrected chi connectivity index (χ0v) is 20.5. The number of carboxylic acids is 1. The van der Waals surface area contributed by atoms with Gasteiger partial charge in [-0.15, -0.1) is 0 Å². The Kier molecular flexibility index (Phi) is 6.36. The van der Waals surface area contributed by atoms with Crippen molar-refractivity contribution in [3.05, 3.63) is 66.1 Å². The SMILES string of the molecule is Cc1ccc(S(=O)(=O)n2cc(-c3ncc(F)c(NC(CC(=O)O)C4CCC4)n3)c3cc(F)cnc32)cc1. The van der Waals surface area contributed by atoms with E-state index in [1.165, 1.54) is 18.3 Å². The average molecular weight is 528 g/mol. The smallest absolute Gasteiger partial charge is 0.305 e. The number of nitrogens with one attached hydrogen (secondary N) is 1. The first-order chi connectivity index (χ1) is 17.6. The third-order valence-electron chi connectivity index (χ3n) is 6.58. The van der Waals surface area contributed by atoms with Crippen LogP contribution < -0.4 is 5.32 Å². The molecule has 1 aromatic carbocycles. The minimum atomic E-state index is -4.12. The summed E-state index contributed by atoms with van der Waals surface area (Å²) < 4.78 is 56.7. The standard InChI is InChI=1S/C25H23F2N5O4S/c1-14-5-7-17(8-6-14)37(35,36)32-13-19(18-9-16(26)11-29-25(18)32)23-28-12-20(27)24(31-23)30-21(10-22(33)34)15-3-2-4-15/h5-9,11-13,15,21H,2-4,10H2,1H3,(H,33,34)(H,28,30,31). The summed E-state index contributed by atoms with van der Waals surface area (Å²) >= 11 is 0. The molecular weight excluding hydrogens is 504 g/mol. The van der Waals surface area contributed by atoms with Crippen LogP contribution in [0, 0.1) is 24.5 Å². The molecule has 3 aromatic heterocycles. The fourth-order valence-electron chi connectivity index (χ4n) is 4.38. The predicted molar refractivity (Wildman–Crippen MR) is 131 cm³/mol. The van der Waals surface area contributed by atoms with Gasteiger partial charge in [0.2, 0.25) is 0 Å². The third-order valence-corrected chi connectivity index (χ3v) is 8.24. The number of rotatable bonds is 8. The summed E-state index contributed by atoms with van der Waals surface area (Å²) in [5, 5.41) is 12.3. The van der Waals surface area contributed by atoms with Crippen LogP contribution in [0.4, 0.5) is 14.6 Å². The van der Waals surface area contributed by atoms with Crippen molar-refractivity contribution in [2.24, 2.45) is 5.92 Å². The molecular formula is C25H23F2N5O4S. The largest absolute Gasteiger partial charge is 0.481 e. The van der Waals surface area contributed by atoms with Crippen LogP contribution in [0.15, 0.2) is 53.8 Å². The van der Waals surface area contributed by atoms with Crippen LogP contribution >= 0.6 is 0 Å². The van der Waals surface area contributed by atoms with Gasteiger partial charge in [-0.25, -0.2) is 36.1 Å². The highest BCUT2D eigenvalue weighted by molar-refractivity contribution is 7.90. The number of hydrogen-bond acceptors (Lipinski definition) is 7. The minimum Gasteiger partial charge on any atom is -0.481 e. The van der Waals surface area contributed by atoms with Gasteiger partial charge in [-0.05, 0) is 43.9 Å². The topological polar surface area (TPSA) is 127 Å². The van der Waals surface area contributed by atoms with Crippen LogP contribution in [0.25, 0.3) is 22.4 Å². The number of benzene rings is 1. The van der Waals surface area contributed by atoms with E-state index in [0.29, 0.717) is 0 Å². The van der Waals surface area contributed by atoms with Gasteiger partial charge in [-0.2, -0.15) is 0 Å². The fourth-order valence-corrected chi connectivity index (χ4v) is 5.70. The van der Waals surface area contributed by atoms with E-state index in [1.807, 2.05) is 6.92 Å². The summed E-state index contributed by atoms with van der Waals surface area (Å²) in [6.45, 7) is 1.83. The molecule has 0 aliphatic heterocycles. The van der Waals surface area contributed by atoms with Gasteiger partial charge in [0.05, 0.1) is 23.7 Å². The Morgan fingerprint density at radius 1 is 1.19 bits per heavy atom. The van der Waals surface area contributed by atoms with Gasteiger partial charge in [0, 0.05) is 23.2 Å². The maximum atomic E-state index is 14.7. The molecule has 1 atom stereocenters. The first kappa shape index (κ1) is 24.8. The molecule has 9 nitrogen and oxygen atoms in total. The number of nitrogens with zero attached hydrogens (tertiary/aromatic N) is 4. The zero-order valence-electron chi connectivity index (χ0n) is 19.7. The number of aryl methyl sites for hydroxylation is 1. The van der Waals surface area contributed by atoms with Gasteiger partial charge in [0.1, 0.15) is 5.82 Å². The van der Waals surface area contributed by atoms with Gasteiger partial charge in [0.25, 0.3) is 10.0 Å². The molecule has 1 fully saturated rings. The van der Waals surface area contributed by atoms with Crippen molar-refractivity contribution in [3.8, 4) is 11.4 Å². The Labute approximate surface area is 211 Å². The highest BCUT2D eigenvalue weighted by Gasteiger charge is 2.30. The molecule has 192 valence electrons. The van der Waals surface area contributed by atoms with E-state index < -0.39 is 33.7 Å². The number of fused-ring (bicyclic) bond motifs is 1. The van der Waals surface area contributed by atoms with E-state index in [2.05, 4.69) is 20.3 Å². The summed E-state index contributed by atoms with van der Waals surface area (Å²) in [6, 6.07) is 6.80. The lowest BCUT2D eigenvalue weighted by atomic mass is 9.78. The molecule has 0 bridgehead atoms. The van der Waals surface area contributed by atoms with Crippen LogP contribution in [0.1, 0.15) is 31.2 Å². The van der Waals surface area contributed by atoms with E-state index in [-0.39, 0.29) is 45.5 Å². The Balaban J connectivity index is 1.60. The fraction of sp³-hybridized carbons (Fsp3) is 0.280. The zero-order chi connectivity index (χ0) is 26.3. The van der Waals surface area contributed by atoms with Crippen molar-refractivity contribution < 1.29 is 27.1 Å². The van der Waals surface area contributed by atoms with Crippen molar-refractivity contribution >= 4 is 32.8 Å². The second-order valence-corrected chi connectivity index (χ2v) is 10.9. The minimum absolute atomic E-state index is 0.00654. The van der Waals surface area contributed by atoms with Crippen molar-refractivity contribution in [2.45, 2.75) is 43.5 Å². The van der Waals surface area contributed by atoms with Crippen molar-refractivity contribution in [1.29, 1.82) is 0 Å². The second-order valence-electron chi connectivity index (χ2n) is 9.11. The molecule has 1 saturated carbocycles. The molecule has 37 heavy (non-hydrogen) atoms. The van der Waals surface area contributed by atoms with Crippen LogP contribution in [0.3, 0.4) is 0 Å². The molecule has 0 saturated heterocycles. The first-order valence-electron chi connectivity index (χ1n) is 11.6. The Bertz CT molecular complexity index is 1600. The van der Waals surface area contributed by atoms with Gasteiger partial charge in [0.15, 0.2) is 23.1 Å². The molecule has 1 aliphatic carbocycles. The van der Waals surface area contributed by atoms with Gasteiger partial charge < -0.3 is 10.4 Å². The van der Waals surface area contributed by atoms with Crippen molar-refractivity contribution in [2.75, 3.05) is 5.32 Å². The number of hydrogen-bond donors (Lipinski definition) is 2. The third kappa shape index (κ3) is 4.76. The van der Waals surface area contributed by atoms with E-state index in [0.717, 1.165) is 47.3 Å². The molecule has 5 rings (SSSR count). The molecule has 4 aromatic rings. The van der Waals surface area contributed by atoms with Crippen molar-refractivity contribution in [1.82, 2.24) is 18.9 Å². The number of anilines is 1. The highest BCUT2D eigenvalue weighted by Crippen LogP contribution is 2.34. The molecule has 0 amide bonds.